The molecule has 4 N–H and O–H groups in total. The lowest BCUT2D eigenvalue weighted by atomic mass is 10.0. The summed E-state index contributed by atoms with van der Waals surface area (Å²) in [7, 11) is 0. The standard InChI is InChI=1S/C27H44N4O10/c1-20(2)18-22(27(37)29-19-26(35)36)30-24(33)7-10-38-12-14-40-16-17-41-15-13-39-11-8-28-23(32)6-9-31-21(3)4-5-25(31)34/h4-5,20,22H,3,6-19H2,1-2H3,(H,28,32)(H,29,37)(H,30,33)(H,35,36). The number of nitrogens with one attached hydrogen (secondary N) is 3. The highest BCUT2D eigenvalue weighted by atomic mass is 16.6. The molecule has 14 nitrogen and oxygen atoms in total. The molecule has 1 atom stereocenters. The van der Waals surface area contributed by atoms with Gasteiger partial charge in [-0.3, -0.25) is 24.0 Å². The molecule has 1 aliphatic heterocycles. The van der Waals surface area contributed by atoms with Crippen molar-refractivity contribution in [2.75, 3.05) is 72.5 Å². The Bertz CT molecular complexity index is 875. The van der Waals surface area contributed by atoms with E-state index in [4.69, 9.17) is 24.1 Å². The fourth-order valence-electron chi connectivity index (χ4n) is 3.49. The zero-order valence-electron chi connectivity index (χ0n) is 24.0. The Morgan fingerprint density at radius 3 is 1.98 bits per heavy atom. The summed E-state index contributed by atoms with van der Waals surface area (Å²) in [6, 6.07) is -0.806. The summed E-state index contributed by atoms with van der Waals surface area (Å²) in [5.41, 5.74) is 0.584. The number of carbonyl (C=O) groups is 5. The van der Waals surface area contributed by atoms with Gasteiger partial charge in [0.1, 0.15) is 12.6 Å². The highest BCUT2D eigenvalue weighted by Crippen LogP contribution is 2.12. The Morgan fingerprint density at radius 1 is 0.854 bits per heavy atom. The fraction of sp³-hybridized carbons (Fsp3) is 0.667. The van der Waals surface area contributed by atoms with E-state index in [1.165, 1.54) is 11.0 Å². The maximum atomic E-state index is 12.1. The predicted molar refractivity (Wildman–Crippen MR) is 148 cm³/mol. The highest BCUT2D eigenvalue weighted by molar-refractivity contribution is 5.93. The molecule has 4 amide bonds. The Morgan fingerprint density at radius 2 is 1.44 bits per heavy atom. The number of carboxylic acids is 1. The zero-order valence-corrected chi connectivity index (χ0v) is 24.0. The van der Waals surface area contributed by atoms with E-state index in [0.29, 0.717) is 58.3 Å². The van der Waals surface area contributed by atoms with Gasteiger partial charge in [-0.05, 0) is 18.4 Å². The maximum absolute atomic E-state index is 12.1. The average Bonchev–Trinajstić information content (AvgIpc) is 3.24. The quantitative estimate of drug-likeness (QED) is 0.109. The van der Waals surface area contributed by atoms with E-state index in [-0.39, 0.29) is 56.2 Å². The first kappa shape index (κ1) is 35.7. The minimum absolute atomic E-state index is 0.0566. The van der Waals surface area contributed by atoms with Gasteiger partial charge in [-0.1, -0.05) is 20.4 Å². The third-order valence-electron chi connectivity index (χ3n) is 5.52. The van der Waals surface area contributed by atoms with Crippen LogP contribution in [0, 0.1) is 5.92 Å². The molecule has 1 heterocycles. The first-order valence-electron chi connectivity index (χ1n) is 13.6. The normalized spacial score (nSPS) is 13.5. The summed E-state index contributed by atoms with van der Waals surface area (Å²) < 4.78 is 21.6. The van der Waals surface area contributed by atoms with Crippen LogP contribution < -0.4 is 16.0 Å². The van der Waals surface area contributed by atoms with Crippen LogP contribution in [0.5, 0.6) is 0 Å². The van der Waals surface area contributed by atoms with Gasteiger partial charge in [-0.25, -0.2) is 0 Å². The second-order valence-corrected chi connectivity index (χ2v) is 9.48. The number of carbonyl (C=O) groups excluding carboxylic acids is 4. The number of hydrogen-bond donors (Lipinski definition) is 4. The van der Waals surface area contributed by atoms with Crippen molar-refractivity contribution in [1.82, 2.24) is 20.9 Å². The van der Waals surface area contributed by atoms with Crippen LogP contribution in [0.15, 0.2) is 24.4 Å². The molecule has 0 bridgehead atoms. The van der Waals surface area contributed by atoms with Crippen LogP contribution in [0.4, 0.5) is 0 Å². The summed E-state index contributed by atoms with van der Waals surface area (Å²) in [6.07, 6.45) is 3.67. The Labute approximate surface area is 240 Å². The van der Waals surface area contributed by atoms with E-state index in [0.717, 1.165) is 0 Å². The van der Waals surface area contributed by atoms with Gasteiger partial charge in [0, 0.05) is 37.7 Å². The topological polar surface area (TPSA) is 182 Å². The fourth-order valence-corrected chi connectivity index (χ4v) is 3.49. The first-order valence-corrected chi connectivity index (χ1v) is 13.6. The lowest BCUT2D eigenvalue weighted by molar-refractivity contribution is -0.138. The van der Waals surface area contributed by atoms with Crippen LogP contribution in [0.25, 0.3) is 0 Å². The predicted octanol–water partition coefficient (Wildman–Crippen LogP) is -0.407. The summed E-state index contributed by atoms with van der Waals surface area (Å²) in [5.74, 6) is -2.26. The van der Waals surface area contributed by atoms with Gasteiger partial charge >= 0.3 is 5.97 Å². The summed E-state index contributed by atoms with van der Waals surface area (Å²) in [5, 5.41) is 16.3. The second kappa shape index (κ2) is 21.4. The van der Waals surface area contributed by atoms with Gasteiger partial charge in [0.2, 0.25) is 17.7 Å². The van der Waals surface area contributed by atoms with Crippen molar-refractivity contribution in [1.29, 1.82) is 0 Å². The molecule has 0 saturated heterocycles. The molecule has 1 rings (SSSR count). The molecule has 41 heavy (non-hydrogen) atoms. The van der Waals surface area contributed by atoms with Crippen molar-refractivity contribution >= 4 is 29.6 Å². The largest absolute Gasteiger partial charge is 0.480 e. The third kappa shape index (κ3) is 17.9. The van der Waals surface area contributed by atoms with Gasteiger partial charge in [-0.15, -0.1) is 0 Å². The smallest absolute Gasteiger partial charge is 0.322 e. The SMILES string of the molecule is C=C1C=CC(=O)N1CCC(=O)NCCOCCOCCOCCOCCC(=O)NC(CC(C)C)C(=O)NCC(=O)O. The van der Waals surface area contributed by atoms with E-state index in [1.807, 2.05) is 13.8 Å². The number of aliphatic carboxylic acids is 1. The Balaban J connectivity index is 1.92. The first-order chi connectivity index (χ1) is 19.6. The minimum atomic E-state index is -1.16. The van der Waals surface area contributed by atoms with Crippen molar-refractivity contribution in [3.63, 3.8) is 0 Å². The van der Waals surface area contributed by atoms with Crippen molar-refractivity contribution in [3.8, 4) is 0 Å². The van der Waals surface area contributed by atoms with Gasteiger partial charge in [0.15, 0.2) is 0 Å². The van der Waals surface area contributed by atoms with Gasteiger partial charge in [0.25, 0.3) is 5.91 Å². The van der Waals surface area contributed by atoms with Crippen molar-refractivity contribution in [3.05, 3.63) is 24.4 Å². The van der Waals surface area contributed by atoms with Crippen molar-refractivity contribution in [2.24, 2.45) is 5.92 Å². The van der Waals surface area contributed by atoms with Crippen LogP contribution in [0.3, 0.4) is 0 Å². The van der Waals surface area contributed by atoms with E-state index in [2.05, 4.69) is 22.5 Å². The number of carboxylic acid groups (broad SMARTS) is 1. The summed E-state index contributed by atoms with van der Waals surface area (Å²) >= 11 is 0. The van der Waals surface area contributed by atoms with Crippen LogP contribution in [-0.4, -0.2) is 118 Å². The molecule has 0 radical (unpaired) electrons. The molecule has 0 aliphatic carbocycles. The molecule has 0 aromatic rings. The minimum Gasteiger partial charge on any atom is -0.480 e. The van der Waals surface area contributed by atoms with Gasteiger partial charge in [0.05, 0.1) is 52.9 Å². The lowest BCUT2D eigenvalue weighted by Crippen LogP contribution is -2.48. The molecular weight excluding hydrogens is 540 g/mol. The van der Waals surface area contributed by atoms with Crippen molar-refractivity contribution < 1.29 is 48.0 Å². The number of allylic oxidation sites excluding steroid dienone is 1. The van der Waals surface area contributed by atoms with Crippen LogP contribution >= 0.6 is 0 Å². The number of hydrogen-bond acceptors (Lipinski definition) is 9. The highest BCUT2D eigenvalue weighted by Gasteiger charge is 2.22. The molecule has 1 unspecified atom stereocenters. The molecule has 14 heteroatoms. The Kier molecular flexibility index (Phi) is 18.7. The Hall–Kier alpha value is -3.33. The number of ether oxygens (including phenoxy) is 4. The molecule has 0 spiro atoms. The monoisotopic (exact) mass is 584 g/mol. The van der Waals surface area contributed by atoms with E-state index in [1.54, 1.807) is 6.08 Å². The van der Waals surface area contributed by atoms with E-state index >= 15 is 0 Å². The molecule has 0 aromatic carbocycles. The second-order valence-electron chi connectivity index (χ2n) is 9.48. The zero-order chi connectivity index (χ0) is 30.5. The molecule has 0 aromatic heterocycles. The van der Waals surface area contributed by atoms with Crippen LogP contribution in [-0.2, 0) is 42.9 Å². The lowest BCUT2D eigenvalue weighted by Gasteiger charge is -2.19. The molecule has 232 valence electrons. The molecule has 0 fully saturated rings. The van der Waals surface area contributed by atoms with Gasteiger partial charge in [-0.2, -0.15) is 0 Å². The molecule has 1 aliphatic rings. The van der Waals surface area contributed by atoms with E-state index < -0.39 is 24.5 Å². The molecule has 0 saturated carbocycles. The van der Waals surface area contributed by atoms with Crippen LogP contribution in [0.1, 0.15) is 33.1 Å². The number of nitrogens with zero attached hydrogens (tertiary/aromatic N) is 1. The maximum Gasteiger partial charge on any atom is 0.322 e. The third-order valence-corrected chi connectivity index (χ3v) is 5.52. The molecular formula is C27H44N4O10. The van der Waals surface area contributed by atoms with Gasteiger partial charge < -0.3 is 44.9 Å². The van der Waals surface area contributed by atoms with Crippen LogP contribution in [0.2, 0.25) is 0 Å². The average molecular weight is 585 g/mol. The number of rotatable bonds is 24. The summed E-state index contributed by atoms with van der Waals surface area (Å²) in [6.45, 7) is 10.3. The van der Waals surface area contributed by atoms with E-state index in [9.17, 15) is 24.0 Å². The number of amides is 4. The van der Waals surface area contributed by atoms with Crippen molar-refractivity contribution in [2.45, 2.75) is 39.2 Å². The summed E-state index contributed by atoms with van der Waals surface area (Å²) in [4.78, 5) is 59.8.